The predicted molar refractivity (Wildman–Crippen MR) is 129 cm³/mol. The number of benzene rings is 1. The van der Waals surface area contributed by atoms with E-state index in [1.165, 1.54) is 4.90 Å². The fraction of sp³-hybridized carbons (Fsp3) is 0.462. The SMILES string of the molecule is COc1ccc(CCN2C(=O)NC(CCC(=O)N3CCCC[C@H]3c3cccnc3)C2=O)cc1OC. The summed E-state index contributed by atoms with van der Waals surface area (Å²) >= 11 is 0. The number of pyridine rings is 1. The van der Waals surface area contributed by atoms with Gasteiger partial charge in [-0.25, -0.2) is 4.79 Å². The molecule has 1 N–H and O–H groups in total. The first-order chi connectivity index (χ1) is 17.0. The molecule has 2 aromatic rings. The first-order valence-electron chi connectivity index (χ1n) is 12.0. The van der Waals surface area contributed by atoms with Crippen molar-refractivity contribution in [3.63, 3.8) is 0 Å². The second kappa shape index (κ2) is 11.2. The van der Waals surface area contributed by atoms with Gasteiger partial charge in [-0.05, 0) is 61.4 Å². The fourth-order valence-electron chi connectivity index (χ4n) is 4.82. The van der Waals surface area contributed by atoms with E-state index in [4.69, 9.17) is 9.47 Å². The number of nitrogens with one attached hydrogen (secondary N) is 1. The molecule has 1 unspecified atom stereocenters. The Morgan fingerprint density at radius 2 is 1.97 bits per heavy atom. The van der Waals surface area contributed by atoms with Crippen LogP contribution in [0.25, 0.3) is 0 Å². The molecule has 2 aliphatic heterocycles. The average molecular weight is 481 g/mol. The number of rotatable bonds is 9. The van der Waals surface area contributed by atoms with Crippen LogP contribution in [-0.4, -0.2) is 66.0 Å². The smallest absolute Gasteiger partial charge is 0.324 e. The van der Waals surface area contributed by atoms with Gasteiger partial charge in [0.25, 0.3) is 5.91 Å². The lowest BCUT2D eigenvalue weighted by Gasteiger charge is -2.36. The molecule has 2 saturated heterocycles. The number of urea groups is 1. The van der Waals surface area contributed by atoms with Crippen molar-refractivity contribution in [1.29, 1.82) is 0 Å². The van der Waals surface area contributed by atoms with Gasteiger partial charge in [0, 0.05) is 31.9 Å². The summed E-state index contributed by atoms with van der Waals surface area (Å²) in [6, 6.07) is 8.32. The van der Waals surface area contributed by atoms with Gasteiger partial charge in [0.2, 0.25) is 5.91 Å². The van der Waals surface area contributed by atoms with Gasteiger partial charge in [0.1, 0.15) is 6.04 Å². The maximum Gasteiger partial charge on any atom is 0.324 e. The molecule has 0 spiro atoms. The van der Waals surface area contributed by atoms with Gasteiger partial charge in [0.05, 0.1) is 20.3 Å². The molecule has 3 heterocycles. The molecule has 2 atom stereocenters. The zero-order chi connectivity index (χ0) is 24.8. The Morgan fingerprint density at radius 3 is 2.71 bits per heavy atom. The van der Waals surface area contributed by atoms with E-state index in [-0.39, 0.29) is 37.2 Å². The third kappa shape index (κ3) is 5.55. The standard InChI is InChI=1S/C26H32N4O5/c1-34-22-10-8-18(16-23(22)35-2)12-15-30-25(32)20(28-26(30)33)9-11-24(31)29-14-4-3-7-21(29)19-6-5-13-27-17-19/h5-6,8,10,13,16-17,20-21H,3-4,7,9,11-12,14-15H2,1-2H3,(H,28,33)/t20?,21-/m0/s1. The molecule has 0 aliphatic carbocycles. The molecular formula is C26H32N4O5. The van der Waals surface area contributed by atoms with E-state index in [2.05, 4.69) is 10.3 Å². The second-order valence-corrected chi connectivity index (χ2v) is 8.86. The van der Waals surface area contributed by atoms with Crippen LogP contribution in [0, 0.1) is 0 Å². The van der Waals surface area contributed by atoms with Crippen LogP contribution < -0.4 is 14.8 Å². The van der Waals surface area contributed by atoms with Crippen LogP contribution in [0.2, 0.25) is 0 Å². The van der Waals surface area contributed by atoms with Crippen molar-refractivity contribution in [3.05, 3.63) is 53.9 Å². The van der Waals surface area contributed by atoms with Crippen LogP contribution in [0.15, 0.2) is 42.7 Å². The first kappa shape index (κ1) is 24.5. The highest BCUT2D eigenvalue weighted by Gasteiger charge is 2.38. The van der Waals surface area contributed by atoms with Crippen molar-refractivity contribution in [2.45, 2.75) is 50.6 Å². The molecule has 4 amide bonds. The number of imide groups is 1. The summed E-state index contributed by atoms with van der Waals surface area (Å²) in [5, 5.41) is 2.74. The van der Waals surface area contributed by atoms with Crippen molar-refractivity contribution in [2.24, 2.45) is 0 Å². The molecule has 1 aromatic carbocycles. The van der Waals surface area contributed by atoms with Crippen molar-refractivity contribution >= 4 is 17.8 Å². The topological polar surface area (TPSA) is 101 Å². The molecule has 2 aliphatic rings. The Bertz CT molecular complexity index is 1060. The van der Waals surface area contributed by atoms with E-state index in [1.54, 1.807) is 26.5 Å². The summed E-state index contributed by atoms with van der Waals surface area (Å²) in [7, 11) is 3.13. The van der Waals surface area contributed by atoms with E-state index in [1.807, 2.05) is 35.4 Å². The average Bonchev–Trinajstić information content (AvgIpc) is 3.18. The van der Waals surface area contributed by atoms with Gasteiger partial charge < -0.3 is 19.7 Å². The third-order valence-corrected chi connectivity index (χ3v) is 6.72. The third-order valence-electron chi connectivity index (χ3n) is 6.72. The summed E-state index contributed by atoms with van der Waals surface area (Å²) in [5.41, 5.74) is 1.96. The Hall–Kier alpha value is -3.62. The molecule has 186 valence electrons. The minimum Gasteiger partial charge on any atom is -0.493 e. The van der Waals surface area contributed by atoms with Crippen LogP contribution in [0.5, 0.6) is 11.5 Å². The van der Waals surface area contributed by atoms with Crippen LogP contribution >= 0.6 is 0 Å². The summed E-state index contributed by atoms with van der Waals surface area (Å²) in [6.45, 7) is 0.945. The number of methoxy groups -OCH3 is 2. The lowest BCUT2D eigenvalue weighted by molar-refractivity contribution is -0.135. The van der Waals surface area contributed by atoms with Crippen molar-refractivity contribution in [2.75, 3.05) is 27.3 Å². The number of ether oxygens (including phenoxy) is 2. The van der Waals surface area contributed by atoms with Gasteiger partial charge in [-0.2, -0.15) is 0 Å². The number of aromatic nitrogens is 1. The highest BCUT2D eigenvalue weighted by molar-refractivity contribution is 6.04. The van der Waals surface area contributed by atoms with Gasteiger partial charge in [-0.1, -0.05) is 12.1 Å². The largest absolute Gasteiger partial charge is 0.493 e. The lowest BCUT2D eigenvalue weighted by Crippen LogP contribution is -2.39. The maximum atomic E-state index is 13.1. The van der Waals surface area contributed by atoms with Crippen molar-refractivity contribution in [1.82, 2.24) is 20.1 Å². The number of hydrogen-bond donors (Lipinski definition) is 1. The Morgan fingerprint density at radius 1 is 1.14 bits per heavy atom. The van der Waals surface area contributed by atoms with Gasteiger partial charge in [0.15, 0.2) is 11.5 Å². The zero-order valence-electron chi connectivity index (χ0n) is 20.2. The molecule has 35 heavy (non-hydrogen) atoms. The number of hydrogen-bond acceptors (Lipinski definition) is 6. The summed E-state index contributed by atoms with van der Waals surface area (Å²) in [5.74, 6) is 0.937. The van der Waals surface area contributed by atoms with Gasteiger partial charge in [-0.15, -0.1) is 0 Å². The summed E-state index contributed by atoms with van der Waals surface area (Å²) < 4.78 is 10.6. The molecule has 4 rings (SSSR count). The fourth-order valence-corrected chi connectivity index (χ4v) is 4.82. The Balaban J connectivity index is 1.32. The number of carbonyl (C=O) groups is 3. The summed E-state index contributed by atoms with van der Waals surface area (Å²) in [6.07, 6.45) is 7.45. The van der Waals surface area contributed by atoms with Crippen LogP contribution in [0.1, 0.15) is 49.3 Å². The van der Waals surface area contributed by atoms with Crippen LogP contribution in [0.4, 0.5) is 4.79 Å². The molecule has 2 fully saturated rings. The number of carbonyl (C=O) groups excluding carboxylic acids is 3. The normalized spacial score (nSPS) is 20.1. The van der Waals surface area contributed by atoms with Crippen LogP contribution in [-0.2, 0) is 16.0 Å². The molecule has 9 nitrogen and oxygen atoms in total. The van der Waals surface area contributed by atoms with Crippen molar-refractivity contribution in [3.8, 4) is 11.5 Å². The number of amides is 4. The highest BCUT2D eigenvalue weighted by Crippen LogP contribution is 2.31. The van der Waals surface area contributed by atoms with E-state index >= 15 is 0 Å². The minimum atomic E-state index is -0.682. The first-order valence-corrected chi connectivity index (χ1v) is 12.0. The zero-order valence-corrected chi connectivity index (χ0v) is 20.2. The van der Waals surface area contributed by atoms with Gasteiger partial charge in [-0.3, -0.25) is 19.5 Å². The quantitative estimate of drug-likeness (QED) is 0.554. The monoisotopic (exact) mass is 480 g/mol. The highest BCUT2D eigenvalue weighted by atomic mass is 16.5. The molecule has 1 aromatic heterocycles. The molecule has 0 saturated carbocycles. The number of nitrogens with zero attached hydrogens (tertiary/aromatic N) is 3. The minimum absolute atomic E-state index is 0.00406. The number of likely N-dealkylation sites (tertiary alicyclic amines) is 1. The van der Waals surface area contributed by atoms with E-state index < -0.39 is 12.1 Å². The van der Waals surface area contributed by atoms with E-state index in [0.29, 0.717) is 24.5 Å². The van der Waals surface area contributed by atoms with Crippen molar-refractivity contribution < 1.29 is 23.9 Å². The molecular weight excluding hydrogens is 448 g/mol. The maximum absolute atomic E-state index is 13.1. The molecule has 0 bridgehead atoms. The summed E-state index contributed by atoms with van der Waals surface area (Å²) in [4.78, 5) is 45.8. The Labute approximate surface area is 205 Å². The van der Waals surface area contributed by atoms with Crippen LogP contribution in [0.3, 0.4) is 0 Å². The molecule has 0 radical (unpaired) electrons. The van der Waals surface area contributed by atoms with Gasteiger partial charge >= 0.3 is 6.03 Å². The lowest BCUT2D eigenvalue weighted by atomic mass is 9.95. The van der Waals surface area contributed by atoms with E-state index in [0.717, 1.165) is 30.4 Å². The number of piperidine rings is 1. The second-order valence-electron chi connectivity index (χ2n) is 8.86. The van der Waals surface area contributed by atoms with E-state index in [9.17, 15) is 14.4 Å². The predicted octanol–water partition coefficient (Wildman–Crippen LogP) is 3.10. The Kier molecular flexibility index (Phi) is 7.84. The molecule has 9 heteroatoms.